The fourth-order valence-corrected chi connectivity index (χ4v) is 2.06. The molecule has 18 heavy (non-hydrogen) atoms. The molecule has 0 spiro atoms. The first-order valence-electron chi connectivity index (χ1n) is 6.93. The number of nitrogens with zero attached hydrogens (tertiary/aromatic N) is 1. The van der Waals surface area contributed by atoms with E-state index >= 15 is 0 Å². The fourth-order valence-electron chi connectivity index (χ4n) is 1.44. The SMILES string of the molecule is CN(C)C.SCCCCCCCCCCCBr.[Au]. The third-order valence-corrected chi connectivity index (χ3v) is 3.17. The van der Waals surface area contributed by atoms with E-state index in [-0.39, 0.29) is 22.4 Å². The number of hydrogen-bond acceptors (Lipinski definition) is 2. The van der Waals surface area contributed by atoms with E-state index in [1.54, 1.807) is 0 Å². The Morgan fingerprint density at radius 3 is 1.28 bits per heavy atom. The standard InChI is InChI=1S/C11H23BrS.C3H9N.Au/c12-10-8-6-4-2-1-3-5-7-9-11-13;1-4(2)3;/h13H,1-11H2;1-3H3;. The Morgan fingerprint density at radius 2 is 1.00 bits per heavy atom. The maximum atomic E-state index is 4.20. The molecule has 0 amide bonds. The number of thiol groups is 1. The van der Waals surface area contributed by atoms with Crippen molar-refractivity contribution in [2.75, 3.05) is 32.2 Å². The maximum Gasteiger partial charge on any atom is 0.00313 e. The smallest absolute Gasteiger partial charge is 0.00313 e. The van der Waals surface area contributed by atoms with Gasteiger partial charge in [-0.15, -0.1) is 0 Å². The van der Waals surface area contributed by atoms with E-state index in [0.717, 1.165) is 5.75 Å². The molecule has 0 saturated carbocycles. The zero-order chi connectivity index (χ0) is 13.4. The van der Waals surface area contributed by atoms with Crippen LogP contribution in [0.25, 0.3) is 0 Å². The van der Waals surface area contributed by atoms with Crippen LogP contribution in [0, 0.1) is 0 Å². The monoisotopic (exact) mass is 522 g/mol. The van der Waals surface area contributed by atoms with Crippen LogP contribution in [0.4, 0.5) is 0 Å². The van der Waals surface area contributed by atoms with Gasteiger partial charge in [-0.3, -0.25) is 0 Å². The molecular formula is C14H32AuBrNS. The van der Waals surface area contributed by atoms with Gasteiger partial charge in [-0.05, 0) is 39.7 Å². The van der Waals surface area contributed by atoms with Gasteiger partial charge in [-0.1, -0.05) is 60.9 Å². The van der Waals surface area contributed by atoms with Crippen molar-refractivity contribution in [3.63, 3.8) is 0 Å². The average molecular weight is 523 g/mol. The second-order valence-corrected chi connectivity index (χ2v) is 6.18. The van der Waals surface area contributed by atoms with Crippen molar-refractivity contribution >= 4 is 28.6 Å². The molecule has 0 aliphatic carbocycles. The minimum Gasteiger partial charge on any atom is -0.312 e. The van der Waals surface area contributed by atoms with Crippen LogP contribution in [0.1, 0.15) is 57.8 Å². The Kier molecular flexibility index (Phi) is 32.2. The van der Waals surface area contributed by atoms with E-state index in [4.69, 9.17) is 0 Å². The van der Waals surface area contributed by atoms with E-state index in [1.807, 2.05) is 26.0 Å². The van der Waals surface area contributed by atoms with Gasteiger partial charge in [0.2, 0.25) is 0 Å². The van der Waals surface area contributed by atoms with Crippen LogP contribution in [-0.4, -0.2) is 37.1 Å². The maximum absolute atomic E-state index is 4.20. The summed E-state index contributed by atoms with van der Waals surface area (Å²) >= 11 is 7.65. The largest absolute Gasteiger partial charge is 0.312 e. The fraction of sp³-hybridized carbons (Fsp3) is 1.00. The quantitative estimate of drug-likeness (QED) is 0.183. The third kappa shape index (κ3) is 36.0. The van der Waals surface area contributed by atoms with Gasteiger partial charge >= 0.3 is 0 Å². The molecule has 0 aliphatic heterocycles. The number of halogens is 1. The summed E-state index contributed by atoms with van der Waals surface area (Å²) < 4.78 is 0. The minimum atomic E-state index is 0. The summed E-state index contributed by atoms with van der Waals surface area (Å²) in [6.45, 7) is 0. The Bertz CT molecular complexity index is 114. The number of alkyl halides is 1. The van der Waals surface area contributed by atoms with E-state index in [0.29, 0.717) is 0 Å². The van der Waals surface area contributed by atoms with Crippen molar-refractivity contribution < 1.29 is 22.4 Å². The van der Waals surface area contributed by atoms with Gasteiger partial charge in [0, 0.05) is 27.7 Å². The summed E-state index contributed by atoms with van der Waals surface area (Å²) in [7, 11) is 6.00. The van der Waals surface area contributed by atoms with E-state index in [1.165, 1.54) is 63.1 Å². The zero-order valence-electron chi connectivity index (χ0n) is 12.4. The number of rotatable bonds is 10. The molecule has 0 fully saturated rings. The molecule has 0 heterocycles. The van der Waals surface area contributed by atoms with Gasteiger partial charge in [0.15, 0.2) is 0 Å². The second-order valence-electron chi connectivity index (χ2n) is 4.94. The van der Waals surface area contributed by atoms with Crippen molar-refractivity contribution in [3.8, 4) is 0 Å². The van der Waals surface area contributed by atoms with Gasteiger partial charge in [0.1, 0.15) is 0 Å². The normalized spacial score (nSPS) is 9.67. The molecule has 0 rings (SSSR count). The summed E-state index contributed by atoms with van der Waals surface area (Å²) in [4.78, 5) is 2.00. The Hall–Kier alpha value is 1.53. The zero-order valence-corrected chi connectivity index (χ0v) is 17.0. The summed E-state index contributed by atoms with van der Waals surface area (Å²) in [5, 5.41) is 1.18. The van der Waals surface area contributed by atoms with Crippen LogP contribution < -0.4 is 0 Å². The molecule has 0 bridgehead atoms. The van der Waals surface area contributed by atoms with E-state index in [9.17, 15) is 0 Å². The summed E-state index contributed by atoms with van der Waals surface area (Å²) in [6, 6.07) is 0. The van der Waals surface area contributed by atoms with Crippen LogP contribution in [-0.2, 0) is 22.4 Å². The molecule has 0 aromatic rings. The molecule has 0 atom stereocenters. The van der Waals surface area contributed by atoms with Crippen LogP contribution >= 0.6 is 28.6 Å². The average Bonchev–Trinajstić information content (AvgIpc) is 2.26. The minimum absolute atomic E-state index is 0. The van der Waals surface area contributed by atoms with Crippen molar-refractivity contribution in [1.29, 1.82) is 0 Å². The van der Waals surface area contributed by atoms with E-state index in [2.05, 4.69) is 28.6 Å². The molecule has 0 saturated heterocycles. The topological polar surface area (TPSA) is 3.24 Å². The summed E-state index contributed by atoms with van der Waals surface area (Å²) in [6.07, 6.45) is 12.6. The molecule has 4 heteroatoms. The van der Waals surface area contributed by atoms with Gasteiger partial charge in [-0.2, -0.15) is 12.6 Å². The van der Waals surface area contributed by atoms with Crippen molar-refractivity contribution in [3.05, 3.63) is 0 Å². The molecule has 1 nitrogen and oxygen atoms in total. The predicted octanol–water partition coefficient (Wildman–Crippen LogP) is 5.00. The molecular weight excluding hydrogens is 491 g/mol. The molecule has 117 valence electrons. The molecule has 0 aromatic carbocycles. The van der Waals surface area contributed by atoms with Crippen LogP contribution in [0.3, 0.4) is 0 Å². The second kappa shape index (κ2) is 23.6. The van der Waals surface area contributed by atoms with Crippen molar-refractivity contribution in [2.24, 2.45) is 0 Å². The molecule has 0 aliphatic rings. The predicted molar refractivity (Wildman–Crippen MR) is 88.8 cm³/mol. The van der Waals surface area contributed by atoms with Crippen LogP contribution in [0.5, 0.6) is 0 Å². The first-order valence-corrected chi connectivity index (χ1v) is 8.68. The van der Waals surface area contributed by atoms with Crippen LogP contribution in [0.15, 0.2) is 0 Å². The summed E-state index contributed by atoms with van der Waals surface area (Å²) in [5.74, 6) is 1.06. The molecule has 0 N–H and O–H groups in total. The van der Waals surface area contributed by atoms with Gasteiger partial charge in [-0.25, -0.2) is 0 Å². The number of unbranched alkanes of at least 4 members (excludes halogenated alkanes) is 8. The number of hydrogen-bond donors (Lipinski definition) is 1. The van der Waals surface area contributed by atoms with Gasteiger partial charge in [0.25, 0.3) is 0 Å². The Labute approximate surface area is 145 Å². The van der Waals surface area contributed by atoms with E-state index < -0.39 is 0 Å². The summed E-state index contributed by atoms with van der Waals surface area (Å²) in [5.41, 5.74) is 0. The van der Waals surface area contributed by atoms with Gasteiger partial charge < -0.3 is 4.90 Å². The molecule has 0 aromatic heterocycles. The van der Waals surface area contributed by atoms with Crippen molar-refractivity contribution in [1.82, 2.24) is 4.90 Å². The third-order valence-electron chi connectivity index (χ3n) is 2.29. The van der Waals surface area contributed by atoms with Gasteiger partial charge in [0.05, 0.1) is 0 Å². The molecule has 1 radical (unpaired) electrons. The first kappa shape index (κ1) is 24.5. The Balaban J connectivity index is -0.000000392. The van der Waals surface area contributed by atoms with Crippen molar-refractivity contribution in [2.45, 2.75) is 57.8 Å². The first-order chi connectivity index (χ1) is 8.15. The molecule has 0 unspecified atom stereocenters. The van der Waals surface area contributed by atoms with Crippen LogP contribution in [0.2, 0.25) is 0 Å². The Morgan fingerprint density at radius 1 is 0.722 bits per heavy atom.